The Morgan fingerprint density at radius 3 is 2.67 bits per heavy atom. The first-order chi connectivity index (χ1) is 8.52. The molecular formula is C16H24FN. The average molecular weight is 249 g/mol. The molecule has 1 unspecified atom stereocenters. The number of hydrogen-bond donors (Lipinski definition) is 1. The lowest BCUT2D eigenvalue weighted by atomic mass is 9.80. The fraction of sp³-hybridized carbons (Fsp3) is 0.625. The summed E-state index contributed by atoms with van der Waals surface area (Å²) in [7, 11) is 0. The molecule has 2 heteroatoms. The van der Waals surface area contributed by atoms with Gasteiger partial charge in [-0.15, -0.1) is 0 Å². The summed E-state index contributed by atoms with van der Waals surface area (Å²) in [5, 5.41) is 3.63. The number of aryl methyl sites for hydroxylation is 1. The molecule has 2 rings (SSSR count). The van der Waals surface area contributed by atoms with Crippen molar-refractivity contribution in [2.45, 2.75) is 52.5 Å². The fourth-order valence-electron chi connectivity index (χ4n) is 2.31. The highest BCUT2D eigenvalue weighted by atomic mass is 19.1. The van der Waals surface area contributed by atoms with Gasteiger partial charge in [-0.2, -0.15) is 0 Å². The Balaban J connectivity index is 2.02. The summed E-state index contributed by atoms with van der Waals surface area (Å²) in [5.74, 6) is -0.134. The molecule has 0 saturated heterocycles. The smallest absolute Gasteiger partial charge is 0.123 e. The lowest BCUT2D eigenvalue weighted by Crippen LogP contribution is -2.34. The van der Waals surface area contributed by atoms with E-state index in [2.05, 4.69) is 19.2 Å². The van der Waals surface area contributed by atoms with Gasteiger partial charge in [-0.1, -0.05) is 19.9 Å². The van der Waals surface area contributed by atoms with Gasteiger partial charge in [0.25, 0.3) is 0 Å². The van der Waals surface area contributed by atoms with E-state index in [4.69, 9.17) is 0 Å². The number of hydrogen-bond acceptors (Lipinski definition) is 1. The molecule has 0 spiro atoms. The van der Waals surface area contributed by atoms with E-state index in [9.17, 15) is 4.39 Å². The summed E-state index contributed by atoms with van der Waals surface area (Å²) >= 11 is 0. The van der Waals surface area contributed by atoms with Crippen LogP contribution in [0.25, 0.3) is 0 Å². The molecular weight excluding hydrogens is 225 g/mol. The Labute approximate surface area is 110 Å². The molecule has 1 aliphatic rings. The van der Waals surface area contributed by atoms with Crippen molar-refractivity contribution in [1.29, 1.82) is 0 Å². The number of halogens is 1. The van der Waals surface area contributed by atoms with E-state index >= 15 is 0 Å². The molecule has 1 atom stereocenters. The highest BCUT2D eigenvalue weighted by Crippen LogP contribution is 2.29. The van der Waals surface area contributed by atoms with Gasteiger partial charge >= 0.3 is 0 Å². The monoisotopic (exact) mass is 249 g/mol. The van der Waals surface area contributed by atoms with Crippen LogP contribution in [0.1, 0.15) is 44.2 Å². The molecule has 1 aliphatic carbocycles. The summed E-state index contributed by atoms with van der Waals surface area (Å²) in [6.07, 6.45) is 4.82. The summed E-state index contributed by atoms with van der Waals surface area (Å²) < 4.78 is 13.1. The number of nitrogens with one attached hydrogen (secondary N) is 1. The quantitative estimate of drug-likeness (QED) is 0.807. The molecule has 0 bridgehead atoms. The minimum absolute atomic E-state index is 0.134. The molecule has 1 saturated carbocycles. The van der Waals surface area contributed by atoms with Crippen LogP contribution in [-0.4, -0.2) is 12.6 Å². The maximum absolute atomic E-state index is 13.1. The maximum Gasteiger partial charge on any atom is 0.123 e. The van der Waals surface area contributed by atoms with E-state index in [0.717, 1.165) is 31.0 Å². The van der Waals surface area contributed by atoms with Crippen LogP contribution in [-0.2, 0) is 6.42 Å². The Morgan fingerprint density at radius 2 is 2.11 bits per heavy atom. The van der Waals surface area contributed by atoms with Crippen molar-refractivity contribution in [2.75, 3.05) is 6.54 Å². The van der Waals surface area contributed by atoms with Crippen molar-refractivity contribution >= 4 is 0 Å². The molecule has 18 heavy (non-hydrogen) atoms. The van der Waals surface area contributed by atoms with Crippen molar-refractivity contribution < 1.29 is 4.39 Å². The van der Waals surface area contributed by atoms with Gasteiger partial charge in [0, 0.05) is 12.6 Å². The summed E-state index contributed by atoms with van der Waals surface area (Å²) in [5.41, 5.74) is 2.62. The average Bonchev–Trinajstić information content (AvgIpc) is 3.14. The van der Waals surface area contributed by atoms with Gasteiger partial charge < -0.3 is 5.32 Å². The second-order valence-corrected chi connectivity index (χ2v) is 6.07. The molecule has 1 aromatic carbocycles. The van der Waals surface area contributed by atoms with Crippen molar-refractivity contribution in [3.05, 3.63) is 35.1 Å². The Hall–Kier alpha value is -0.890. The van der Waals surface area contributed by atoms with Crippen LogP contribution in [0.3, 0.4) is 0 Å². The van der Waals surface area contributed by atoms with E-state index < -0.39 is 0 Å². The summed E-state index contributed by atoms with van der Waals surface area (Å²) in [6.45, 7) is 7.63. The van der Waals surface area contributed by atoms with Crippen molar-refractivity contribution in [3.63, 3.8) is 0 Å². The zero-order chi connectivity index (χ0) is 13.2. The highest BCUT2D eigenvalue weighted by molar-refractivity contribution is 5.27. The molecule has 1 aromatic rings. The Morgan fingerprint density at radius 1 is 1.39 bits per heavy atom. The van der Waals surface area contributed by atoms with E-state index in [1.54, 1.807) is 12.1 Å². The van der Waals surface area contributed by atoms with Crippen LogP contribution >= 0.6 is 0 Å². The maximum atomic E-state index is 13.1. The third-order valence-electron chi connectivity index (χ3n) is 4.17. The van der Waals surface area contributed by atoms with Gasteiger partial charge in [0.2, 0.25) is 0 Å². The van der Waals surface area contributed by atoms with E-state index in [0.29, 0.717) is 0 Å². The van der Waals surface area contributed by atoms with Gasteiger partial charge in [-0.3, -0.25) is 0 Å². The van der Waals surface area contributed by atoms with Crippen molar-refractivity contribution in [3.8, 4) is 0 Å². The van der Waals surface area contributed by atoms with E-state index in [1.165, 1.54) is 18.4 Å². The zero-order valence-electron chi connectivity index (χ0n) is 11.7. The summed E-state index contributed by atoms with van der Waals surface area (Å²) in [4.78, 5) is 0. The van der Waals surface area contributed by atoms with Crippen LogP contribution in [0.5, 0.6) is 0 Å². The predicted molar refractivity (Wildman–Crippen MR) is 74.3 cm³/mol. The van der Waals surface area contributed by atoms with Gasteiger partial charge in [-0.25, -0.2) is 4.39 Å². The van der Waals surface area contributed by atoms with Crippen molar-refractivity contribution in [1.82, 2.24) is 5.32 Å². The third kappa shape index (κ3) is 3.55. The first kappa shape index (κ1) is 13.5. The van der Waals surface area contributed by atoms with Gasteiger partial charge in [0.15, 0.2) is 0 Å². The van der Waals surface area contributed by atoms with Crippen LogP contribution in [0.15, 0.2) is 18.2 Å². The molecule has 100 valence electrons. The predicted octanol–water partition coefficient (Wildman–Crippen LogP) is 3.84. The van der Waals surface area contributed by atoms with Gasteiger partial charge in [0.05, 0.1) is 0 Å². The minimum Gasteiger partial charge on any atom is -0.313 e. The molecule has 1 nitrogen and oxygen atoms in total. The molecule has 0 aromatic heterocycles. The zero-order valence-corrected chi connectivity index (χ0v) is 11.7. The summed E-state index contributed by atoms with van der Waals surface area (Å²) in [6, 6.07) is 5.91. The second kappa shape index (κ2) is 5.40. The fourth-order valence-corrected chi connectivity index (χ4v) is 2.31. The van der Waals surface area contributed by atoms with Crippen LogP contribution in [0, 0.1) is 18.2 Å². The lowest BCUT2D eigenvalue weighted by molar-refractivity contribution is 0.288. The lowest BCUT2D eigenvalue weighted by Gasteiger charge is -2.29. The molecule has 1 fully saturated rings. The topological polar surface area (TPSA) is 12.0 Å². The second-order valence-electron chi connectivity index (χ2n) is 6.07. The number of benzene rings is 1. The van der Waals surface area contributed by atoms with Gasteiger partial charge in [0.1, 0.15) is 5.82 Å². The van der Waals surface area contributed by atoms with Crippen molar-refractivity contribution in [2.24, 2.45) is 5.41 Å². The molecule has 0 radical (unpaired) electrons. The Kier molecular flexibility index (Phi) is 4.06. The molecule has 1 N–H and O–H groups in total. The minimum atomic E-state index is -0.134. The standard InChI is InChI=1S/C16H24FN/c1-4-16(3,11-18-15-7-8-15)10-13-5-6-14(17)9-12(13)2/h5-6,9,15,18H,4,7-8,10-11H2,1-3H3. The third-order valence-corrected chi connectivity index (χ3v) is 4.17. The Bertz CT molecular complexity index is 412. The van der Waals surface area contributed by atoms with Crippen LogP contribution < -0.4 is 5.32 Å². The molecule has 0 heterocycles. The van der Waals surface area contributed by atoms with Crippen LogP contribution in [0.4, 0.5) is 4.39 Å². The van der Waals surface area contributed by atoms with Crippen LogP contribution in [0.2, 0.25) is 0 Å². The van der Waals surface area contributed by atoms with Gasteiger partial charge in [-0.05, 0) is 61.3 Å². The van der Waals surface area contributed by atoms with E-state index in [1.807, 2.05) is 13.0 Å². The first-order valence-electron chi connectivity index (χ1n) is 7.01. The first-order valence-corrected chi connectivity index (χ1v) is 7.01. The largest absolute Gasteiger partial charge is 0.313 e. The molecule has 0 aliphatic heterocycles. The SMILES string of the molecule is CCC(C)(CNC1CC1)Cc1ccc(F)cc1C. The highest BCUT2D eigenvalue weighted by Gasteiger charge is 2.27. The molecule has 0 amide bonds. The number of rotatable bonds is 6. The van der Waals surface area contributed by atoms with E-state index in [-0.39, 0.29) is 11.2 Å². The normalized spacial score (nSPS) is 18.7.